The fourth-order valence-electron chi connectivity index (χ4n) is 0.861. The minimum absolute atomic E-state index is 0.101. The molecule has 0 spiro atoms. The van der Waals surface area contributed by atoms with Gasteiger partial charge in [-0.1, -0.05) is 17.7 Å². The lowest BCUT2D eigenvalue weighted by Crippen LogP contribution is -2.05. The highest BCUT2D eigenvalue weighted by Crippen LogP contribution is 2.27. The van der Waals surface area contributed by atoms with Crippen molar-refractivity contribution in [2.45, 2.75) is 6.42 Å². The van der Waals surface area contributed by atoms with Crippen LogP contribution in [0, 0.1) is 5.82 Å². The summed E-state index contributed by atoms with van der Waals surface area (Å²) < 4.78 is 17.9. The first-order valence-electron chi connectivity index (χ1n) is 3.90. The third kappa shape index (κ3) is 2.88. The lowest BCUT2D eigenvalue weighted by molar-refractivity contribution is -0.137. The molecular formula is C9H8ClFO3. The van der Waals surface area contributed by atoms with Crippen molar-refractivity contribution in [3.05, 3.63) is 29.0 Å². The number of carboxylic acids is 1. The van der Waals surface area contributed by atoms with Gasteiger partial charge < -0.3 is 9.84 Å². The van der Waals surface area contributed by atoms with Crippen LogP contribution in [0.4, 0.5) is 4.39 Å². The predicted octanol–water partition coefficient (Wildman–Crippen LogP) is 2.33. The lowest BCUT2D eigenvalue weighted by Gasteiger charge is -2.06. The van der Waals surface area contributed by atoms with Crippen LogP contribution >= 0.6 is 11.6 Å². The topological polar surface area (TPSA) is 46.5 Å². The van der Waals surface area contributed by atoms with E-state index >= 15 is 0 Å². The maximum Gasteiger partial charge on any atom is 0.306 e. The van der Waals surface area contributed by atoms with Gasteiger partial charge in [0, 0.05) is 0 Å². The van der Waals surface area contributed by atoms with E-state index in [4.69, 9.17) is 21.4 Å². The average molecular weight is 219 g/mol. The monoisotopic (exact) mass is 218 g/mol. The van der Waals surface area contributed by atoms with Crippen molar-refractivity contribution in [1.82, 2.24) is 0 Å². The van der Waals surface area contributed by atoms with Gasteiger partial charge in [-0.3, -0.25) is 4.79 Å². The molecule has 0 aliphatic heterocycles. The fraction of sp³-hybridized carbons (Fsp3) is 0.222. The maximum atomic E-state index is 13.0. The molecule has 1 aromatic carbocycles. The molecule has 0 aromatic heterocycles. The standard InChI is InChI=1S/C9H8ClFO3/c10-6-2-1-3-7(11)9(6)14-5-4-8(12)13/h1-3H,4-5H2,(H,12,13). The van der Waals surface area contributed by atoms with Crippen LogP contribution in [-0.4, -0.2) is 17.7 Å². The number of halogens is 2. The van der Waals surface area contributed by atoms with Gasteiger partial charge in [0.1, 0.15) is 0 Å². The number of benzene rings is 1. The van der Waals surface area contributed by atoms with Crippen LogP contribution < -0.4 is 4.74 Å². The molecule has 5 heteroatoms. The van der Waals surface area contributed by atoms with E-state index in [9.17, 15) is 9.18 Å². The van der Waals surface area contributed by atoms with Crippen molar-refractivity contribution < 1.29 is 19.0 Å². The van der Waals surface area contributed by atoms with Gasteiger partial charge in [-0.05, 0) is 12.1 Å². The lowest BCUT2D eigenvalue weighted by atomic mass is 10.3. The second kappa shape index (κ2) is 4.81. The van der Waals surface area contributed by atoms with E-state index in [-0.39, 0.29) is 23.8 Å². The highest BCUT2D eigenvalue weighted by Gasteiger charge is 2.08. The minimum Gasteiger partial charge on any atom is -0.488 e. The quantitative estimate of drug-likeness (QED) is 0.844. The Labute approximate surface area is 85.1 Å². The Bertz CT molecular complexity index is 321. The van der Waals surface area contributed by atoms with E-state index in [2.05, 4.69) is 0 Å². The van der Waals surface area contributed by atoms with Gasteiger partial charge in [-0.25, -0.2) is 4.39 Å². The molecule has 0 saturated carbocycles. The summed E-state index contributed by atoms with van der Waals surface area (Å²) in [6.07, 6.45) is -0.190. The SMILES string of the molecule is O=C(O)CCOc1c(F)cccc1Cl. The Morgan fingerprint density at radius 2 is 2.29 bits per heavy atom. The second-order valence-electron chi connectivity index (χ2n) is 2.54. The first-order chi connectivity index (χ1) is 6.61. The molecule has 0 saturated heterocycles. The van der Waals surface area contributed by atoms with Gasteiger partial charge in [0.05, 0.1) is 18.1 Å². The second-order valence-corrected chi connectivity index (χ2v) is 2.95. The van der Waals surface area contributed by atoms with Crippen LogP contribution in [0.1, 0.15) is 6.42 Å². The van der Waals surface area contributed by atoms with Gasteiger partial charge in [-0.15, -0.1) is 0 Å². The maximum absolute atomic E-state index is 13.0. The molecule has 0 fully saturated rings. The van der Waals surface area contributed by atoms with Gasteiger partial charge in [0.2, 0.25) is 0 Å². The van der Waals surface area contributed by atoms with Gasteiger partial charge >= 0.3 is 5.97 Å². The first-order valence-corrected chi connectivity index (χ1v) is 4.27. The Balaban J connectivity index is 2.62. The van der Waals surface area contributed by atoms with Crippen molar-refractivity contribution in [2.75, 3.05) is 6.61 Å². The summed E-state index contributed by atoms with van der Waals surface area (Å²) in [6.45, 7) is -0.101. The molecule has 0 aliphatic rings. The van der Waals surface area contributed by atoms with Crippen LogP contribution in [0.15, 0.2) is 18.2 Å². The third-order valence-corrected chi connectivity index (χ3v) is 1.78. The van der Waals surface area contributed by atoms with Crippen LogP contribution in [-0.2, 0) is 4.79 Å². The van der Waals surface area contributed by atoms with Crippen LogP contribution in [0.25, 0.3) is 0 Å². The first kappa shape index (κ1) is 10.8. The fourth-order valence-corrected chi connectivity index (χ4v) is 1.08. The number of hydrogen-bond donors (Lipinski definition) is 1. The summed E-state index contributed by atoms with van der Waals surface area (Å²) in [7, 11) is 0. The van der Waals surface area contributed by atoms with E-state index in [0.29, 0.717) is 0 Å². The normalized spacial score (nSPS) is 9.86. The Hall–Kier alpha value is -1.29. The number of hydrogen-bond acceptors (Lipinski definition) is 2. The largest absolute Gasteiger partial charge is 0.488 e. The van der Waals surface area contributed by atoms with Crippen molar-refractivity contribution in [1.29, 1.82) is 0 Å². The molecule has 76 valence electrons. The van der Waals surface area contributed by atoms with Crippen LogP contribution in [0.3, 0.4) is 0 Å². The van der Waals surface area contributed by atoms with Crippen molar-refractivity contribution in [3.63, 3.8) is 0 Å². The zero-order chi connectivity index (χ0) is 10.6. The molecule has 1 N–H and O–H groups in total. The molecule has 0 atom stereocenters. The number of carboxylic acid groups (broad SMARTS) is 1. The summed E-state index contributed by atoms with van der Waals surface area (Å²) in [5.41, 5.74) is 0. The van der Waals surface area contributed by atoms with Gasteiger partial charge in [0.25, 0.3) is 0 Å². The average Bonchev–Trinajstić information content (AvgIpc) is 2.09. The molecule has 0 amide bonds. The van der Waals surface area contributed by atoms with Crippen LogP contribution in [0.2, 0.25) is 5.02 Å². The van der Waals surface area contributed by atoms with E-state index in [1.54, 1.807) is 0 Å². The Morgan fingerprint density at radius 1 is 1.57 bits per heavy atom. The minimum atomic E-state index is -1.00. The third-order valence-electron chi connectivity index (χ3n) is 1.48. The van der Waals surface area contributed by atoms with Crippen molar-refractivity contribution in [2.24, 2.45) is 0 Å². The van der Waals surface area contributed by atoms with Crippen LogP contribution in [0.5, 0.6) is 5.75 Å². The van der Waals surface area contributed by atoms with E-state index in [1.807, 2.05) is 0 Å². The number of rotatable bonds is 4. The molecule has 1 rings (SSSR count). The van der Waals surface area contributed by atoms with E-state index in [0.717, 1.165) is 0 Å². The predicted molar refractivity (Wildman–Crippen MR) is 49.2 cm³/mol. The highest BCUT2D eigenvalue weighted by molar-refractivity contribution is 6.32. The van der Waals surface area contributed by atoms with Gasteiger partial charge in [-0.2, -0.15) is 0 Å². The smallest absolute Gasteiger partial charge is 0.306 e. The summed E-state index contributed by atoms with van der Waals surface area (Å²) in [4.78, 5) is 10.2. The summed E-state index contributed by atoms with van der Waals surface area (Å²) >= 11 is 5.63. The summed E-state index contributed by atoms with van der Waals surface area (Å²) in [6, 6.07) is 4.12. The molecule has 0 unspecified atom stereocenters. The molecule has 0 aliphatic carbocycles. The molecule has 0 heterocycles. The number of para-hydroxylation sites is 1. The molecule has 0 radical (unpaired) electrons. The molecule has 0 bridgehead atoms. The Kier molecular flexibility index (Phi) is 3.71. The van der Waals surface area contributed by atoms with E-state index in [1.165, 1.54) is 18.2 Å². The number of carbonyl (C=O) groups is 1. The molecule has 1 aromatic rings. The van der Waals surface area contributed by atoms with E-state index < -0.39 is 11.8 Å². The summed E-state index contributed by atoms with van der Waals surface area (Å²) in [5.74, 6) is -1.70. The molecular weight excluding hydrogens is 211 g/mol. The molecule has 14 heavy (non-hydrogen) atoms. The number of aliphatic carboxylic acids is 1. The Morgan fingerprint density at radius 3 is 2.86 bits per heavy atom. The van der Waals surface area contributed by atoms with Crippen molar-refractivity contribution >= 4 is 17.6 Å². The van der Waals surface area contributed by atoms with Gasteiger partial charge in [0.15, 0.2) is 11.6 Å². The zero-order valence-corrected chi connectivity index (χ0v) is 7.92. The summed E-state index contributed by atoms with van der Waals surface area (Å²) in [5, 5.41) is 8.46. The zero-order valence-electron chi connectivity index (χ0n) is 7.17. The highest BCUT2D eigenvalue weighted by atomic mass is 35.5. The molecule has 3 nitrogen and oxygen atoms in total. The van der Waals surface area contributed by atoms with Crippen molar-refractivity contribution in [3.8, 4) is 5.75 Å². The number of ether oxygens (including phenoxy) is 1.